The third-order valence-electron chi connectivity index (χ3n) is 7.79. The number of benzene rings is 5. The summed E-state index contributed by atoms with van der Waals surface area (Å²) in [5.41, 5.74) is 11.6. The zero-order valence-corrected chi connectivity index (χ0v) is 22.6. The van der Waals surface area contributed by atoms with E-state index in [1.165, 1.54) is 60.5 Å². The van der Waals surface area contributed by atoms with E-state index in [1.54, 1.807) is 0 Å². The maximum atomic E-state index is 4.65. The molecular formula is C38H28N2. The Labute approximate surface area is 234 Å². The molecule has 7 rings (SSSR count). The highest BCUT2D eigenvalue weighted by molar-refractivity contribution is 6.21. The molecule has 0 fully saturated rings. The topological polar surface area (TPSA) is 25.8 Å². The van der Waals surface area contributed by atoms with Crippen molar-refractivity contribution in [2.24, 2.45) is 0 Å². The Morgan fingerprint density at radius 1 is 0.425 bits per heavy atom. The quantitative estimate of drug-likeness (QED) is 0.219. The SMILES string of the molecule is Cc1ccnc(-c2cccc(-c3c4ccccc4c(-c4ccc(-c5cccnc5C)cc4)c4ccccc34)c2)c1. The van der Waals surface area contributed by atoms with Gasteiger partial charge in [-0.15, -0.1) is 0 Å². The van der Waals surface area contributed by atoms with Crippen LogP contribution in [0.25, 0.3) is 66.2 Å². The van der Waals surface area contributed by atoms with E-state index in [2.05, 4.69) is 133 Å². The fourth-order valence-electron chi connectivity index (χ4n) is 5.88. The third kappa shape index (κ3) is 4.15. The lowest BCUT2D eigenvalue weighted by atomic mass is 9.85. The number of hydrogen-bond acceptors (Lipinski definition) is 2. The highest BCUT2D eigenvalue weighted by Gasteiger charge is 2.17. The van der Waals surface area contributed by atoms with Crippen LogP contribution < -0.4 is 0 Å². The summed E-state index contributed by atoms with van der Waals surface area (Å²) >= 11 is 0. The van der Waals surface area contributed by atoms with Crippen LogP contribution in [0.2, 0.25) is 0 Å². The van der Waals surface area contributed by atoms with Crippen molar-refractivity contribution < 1.29 is 0 Å². The summed E-state index contributed by atoms with van der Waals surface area (Å²) in [5.74, 6) is 0. The van der Waals surface area contributed by atoms with Gasteiger partial charge in [-0.05, 0) is 93.0 Å². The molecule has 0 aliphatic heterocycles. The van der Waals surface area contributed by atoms with Gasteiger partial charge in [0.2, 0.25) is 0 Å². The zero-order chi connectivity index (χ0) is 27.1. The minimum absolute atomic E-state index is 0.996. The minimum Gasteiger partial charge on any atom is -0.261 e. The molecule has 0 bridgehead atoms. The summed E-state index contributed by atoms with van der Waals surface area (Å²) in [7, 11) is 0. The smallest absolute Gasteiger partial charge is 0.0704 e. The Bertz CT molecular complexity index is 1960. The van der Waals surface area contributed by atoms with E-state index in [1.807, 2.05) is 24.5 Å². The van der Waals surface area contributed by atoms with Crippen molar-refractivity contribution in [3.8, 4) is 44.6 Å². The molecule has 2 nitrogen and oxygen atoms in total. The highest BCUT2D eigenvalue weighted by atomic mass is 14.7. The van der Waals surface area contributed by atoms with E-state index in [-0.39, 0.29) is 0 Å². The van der Waals surface area contributed by atoms with Crippen LogP contribution in [-0.4, -0.2) is 9.97 Å². The molecule has 190 valence electrons. The van der Waals surface area contributed by atoms with Gasteiger partial charge in [-0.25, -0.2) is 0 Å². The molecule has 2 heterocycles. The van der Waals surface area contributed by atoms with Crippen molar-refractivity contribution in [2.75, 3.05) is 0 Å². The standard InChI is InChI=1S/C38H28N2/c1-25-20-22-40-36(23-25)29-9-7-10-30(24-29)38-34-13-5-3-11-32(34)37(33-12-4-6-14-35(33)38)28-18-16-27(17-19-28)31-15-8-21-39-26(31)2/h3-24H,1-2H3. The molecule has 2 aromatic heterocycles. The van der Waals surface area contributed by atoms with E-state index in [9.17, 15) is 0 Å². The lowest BCUT2D eigenvalue weighted by Gasteiger charge is -2.18. The number of rotatable bonds is 4. The Morgan fingerprint density at radius 2 is 1.02 bits per heavy atom. The molecule has 0 N–H and O–H groups in total. The molecular weight excluding hydrogens is 484 g/mol. The molecule has 0 atom stereocenters. The molecule has 40 heavy (non-hydrogen) atoms. The van der Waals surface area contributed by atoms with E-state index >= 15 is 0 Å². The Hall–Kier alpha value is -5.08. The first kappa shape index (κ1) is 24.0. The molecule has 0 amide bonds. The number of hydrogen-bond donors (Lipinski definition) is 0. The first-order valence-corrected chi connectivity index (χ1v) is 13.7. The van der Waals surface area contributed by atoms with Crippen LogP contribution in [0, 0.1) is 13.8 Å². The first-order chi connectivity index (χ1) is 19.7. The van der Waals surface area contributed by atoms with Gasteiger partial charge in [0.1, 0.15) is 0 Å². The number of pyridine rings is 2. The zero-order valence-electron chi connectivity index (χ0n) is 22.6. The van der Waals surface area contributed by atoms with Gasteiger partial charge in [-0.3, -0.25) is 9.97 Å². The molecule has 2 heteroatoms. The molecule has 0 radical (unpaired) electrons. The molecule has 7 aromatic rings. The summed E-state index contributed by atoms with van der Waals surface area (Å²) in [5, 5.41) is 5.00. The third-order valence-corrected chi connectivity index (χ3v) is 7.79. The summed E-state index contributed by atoms with van der Waals surface area (Å²) in [6.07, 6.45) is 3.73. The second kappa shape index (κ2) is 9.91. The van der Waals surface area contributed by atoms with E-state index in [0.29, 0.717) is 0 Å². The van der Waals surface area contributed by atoms with Gasteiger partial charge >= 0.3 is 0 Å². The molecule has 0 aliphatic carbocycles. The predicted octanol–water partition coefficient (Wildman–Crippen LogP) is 10.1. The molecule has 0 spiro atoms. The van der Waals surface area contributed by atoms with Gasteiger partial charge in [-0.2, -0.15) is 0 Å². The Kier molecular flexibility index (Phi) is 5.94. The molecule has 5 aromatic carbocycles. The van der Waals surface area contributed by atoms with Crippen molar-refractivity contribution >= 4 is 21.5 Å². The van der Waals surface area contributed by atoms with E-state index in [0.717, 1.165) is 17.0 Å². The van der Waals surface area contributed by atoms with Crippen LogP contribution >= 0.6 is 0 Å². The van der Waals surface area contributed by atoms with Crippen LogP contribution in [0.15, 0.2) is 134 Å². The van der Waals surface area contributed by atoms with Crippen LogP contribution in [0.4, 0.5) is 0 Å². The van der Waals surface area contributed by atoms with E-state index in [4.69, 9.17) is 0 Å². The number of aryl methyl sites for hydroxylation is 2. The van der Waals surface area contributed by atoms with Gasteiger partial charge in [0.15, 0.2) is 0 Å². The highest BCUT2D eigenvalue weighted by Crippen LogP contribution is 2.44. The summed E-state index contributed by atoms with van der Waals surface area (Å²) in [6.45, 7) is 4.17. The summed E-state index contributed by atoms with van der Waals surface area (Å²) < 4.78 is 0. The second-order valence-corrected chi connectivity index (χ2v) is 10.4. The lowest BCUT2D eigenvalue weighted by molar-refractivity contribution is 1.20. The average molecular weight is 513 g/mol. The average Bonchev–Trinajstić information content (AvgIpc) is 3.00. The molecule has 0 saturated heterocycles. The Balaban J connectivity index is 1.45. The number of nitrogens with zero attached hydrogens (tertiary/aromatic N) is 2. The molecule has 0 aliphatic rings. The van der Waals surface area contributed by atoms with Gasteiger partial charge < -0.3 is 0 Å². The minimum atomic E-state index is 0.996. The van der Waals surface area contributed by atoms with Crippen molar-refractivity contribution in [2.45, 2.75) is 13.8 Å². The van der Waals surface area contributed by atoms with Crippen molar-refractivity contribution in [1.82, 2.24) is 9.97 Å². The van der Waals surface area contributed by atoms with Crippen LogP contribution in [0.1, 0.15) is 11.3 Å². The monoisotopic (exact) mass is 512 g/mol. The maximum Gasteiger partial charge on any atom is 0.0704 e. The van der Waals surface area contributed by atoms with Crippen molar-refractivity contribution in [3.05, 3.63) is 145 Å². The maximum absolute atomic E-state index is 4.65. The second-order valence-electron chi connectivity index (χ2n) is 10.4. The van der Waals surface area contributed by atoms with Gasteiger partial charge in [0.25, 0.3) is 0 Å². The van der Waals surface area contributed by atoms with Crippen LogP contribution in [0.3, 0.4) is 0 Å². The van der Waals surface area contributed by atoms with Crippen molar-refractivity contribution in [1.29, 1.82) is 0 Å². The molecule has 0 saturated carbocycles. The van der Waals surface area contributed by atoms with Gasteiger partial charge in [-0.1, -0.05) is 97.1 Å². The Morgan fingerprint density at radius 3 is 1.65 bits per heavy atom. The summed E-state index contributed by atoms with van der Waals surface area (Å²) in [6, 6.07) is 43.6. The lowest BCUT2D eigenvalue weighted by Crippen LogP contribution is -1.92. The van der Waals surface area contributed by atoms with E-state index < -0.39 is 0 Å². The molecule has 0 unspecified atom stereocenters. The fourth-order valence-corrected chi connectivity index (χ4v) is 5.88. The number of fused-ring (bicyclic) bond motifs is 2. The first-order valence-electron chi connectivity index (χ1n) is 13.7. The van der Waals surface area contributed by atoms with Gasteiger partial charge in [0, 0.05) is 29.2 Å². The van der Waals surface area contributed by atoms with Crippen LogP contribution in [-0.2, 0) is 0 Å². The van der Waals surface area contributed by atoms with Gasteiger partial charge in [0.05, 0.1) is 5.69 Å². The summed E-state index contributed by atoms with van der Waals surface area (Å²) in [4.78, 5) is 9.14. The number of aromatic nitrogens is 2. The largest absolute Gasteiger partial charge is 0.261 e. The van der Waals surface area contributed by atoms with Crippen LogP contribution in [0.5, 0.6) is 0 Å². The van der Waals surface area contributed by atoms with Crippen molar-refractivity contribution in [3.63, 3.8) is 0 Å². The predicted molar refractivity (Wildman–Crippen MR) is 168 cm³/mol. The normalized spacial score (nSPS) is 11.2. The fraction of sp³-hybridized carbons (Fsp3) is 0.0526.